The summed E-state index contributed by atoms with van der Waals surface area (Å²) in [6.07, 6.45) is 4.86. The fourth-order valence-corrected chi connectivity index (χ4v) is 3.26. The van der Waals surface area contributed by atoms with Crippen molar-refractivity contribution in [3.8, 4) is 0 Å². The first-order chi connectivity index (χ1) is 12.4. The summed E-state index contributed by atoms with van der Waals surface area (Å²) in [5, 5.41) is 12.6. The number of aliphatic hydroxyl groups is 1. The summed E-state index contributed by atoms with van der Waals surface area (Å²) in [5.41, 5.74) is -0.0299. The van der Waals surface area contributed by atoms with Gasteiger partial charge in [0.05, 0.1) is 6.10 Å². The van der Waals surface area contributed by atoms with Crippen LogP contribution < -0.4 is 16.6 Å². The molecule has 1 amide bonds. The zero-order chi connectivity index (χ0) is 18.8. The van der Waals surface area contributed by atoms with Gasteiger partial charge in [0.15, 0.2) is 0 Å². The Morgan fingerprint density at radius 1 is 1.27 bits per heavy atom. The Kier molecular flexibility index (Phi) is 5.03. The van der Waals surface area contributed by atoms with Gasteiger partial charge in [-0.15, -0.1) is 0 Å². The van der Waals surface area contributed by atoms with Crippen LogP contribution in [0.3, 0.4) is 0 Å². The lowest BCUT2D eigenvalue weighted by molar-refractivity contribution is 0.0238. The summed E-state index contributed by atoms with van der Waals surface area (Å²) >= 11 is 0. The number of hydrogen-bond acceptors (Lipinski definition) is 5. The van der Waals surface area contributed by atoms with Gasteiger partial charge in [-0.2, -0.15) is 0 Å². The number of nitrogens with one attached hydrogen (secondary N) is 1. The van der Waals surface area contributed by atoms with Gasteiger partial charge in [0, 0.05) is 38.6 Å². The molecule has 1 saturated carbocycles. The van der Waals surface area contributed by atoms with Gasteiger partial charge in [0.1, 0.15) is 5.69 Å². The van der Waals surface area contributed by atoms with Gasteiger partial charge in [0.2, 0.25) is 0 Å². The highest BCUT2D eigenvalue weighted by Gasteiger charge is 2.35. The molecule has 138 valence electrons. The van der Waals surface area contributed by atoms with Crippen molar-refractivity contribution in [1.29, 1.82) is 0 Å². The molecule has 1 fully saturated rings. The molecule has 2 aromatic rings. The first kappa shape index (κ1) is 18.1. The summed E-state index contributed by atoms with van der Waals surface area (Å²) in [4.78, 5) is 40.6. The standard InChI is InChI=1S/C18H22N4O4/c1-21-15(10-16(24)22(2)18(21)26)17(25)20-14(12-8-13(23)9-12)7-11-3-5-19-6-4-11/h3-6,10,12-14,23H,7-9H2,1-2H3,(H,20,25)/t12?,13?,14-/m1/s1. The zero-order valence-electron chi connectivity index (χ0n) is 14.8. The molecule has 0 bridgehead atoms. The number of amides is 1. The van der Waals surface area contributed by atoms with E-state index in [4.69, 9.17) is 0 Å². The fraction of sp³-hybridized carbons (Fsp3) is 0.444. The van der Waals surface area contributed by atoms with Crippen LogP contribution in [0.15, 0.2) is 40.2 Å². The molecule has 8 heteroatoms. The molecule has 8 nitrogen and oxygen atoms in total. The van der Waals surface area contributed by atoms with Crippen LogP contribution in [-0.2, 0) is 20.5 Å². The van der Waals surface area contributed by atoms with E-state index in [-0.39, 0.29) is 23.8 Å². The highest BCUT2D eigenvalue weighted by Crippen LogP contribution is 2.31. The van der Waals surface area contributed by atoms with Crippen molar-refractivity contribution in [2.24, 2.45) is 20.0 Å². The van der Waals surface area contributed by atoms with E-state index in [0.29, 0.717) is 19.3 Å². The van der Waals surface area contributed by atoms with E-state index in [1.54, 1.807) is 12.4 Å². The largest absolute Gasteiger partial charge is 0.393 e. The lowest BCUT2D eigenvalue weighted by Crippen LogP contribution is -2.50. The normalized spacial score (nSPS) is 20.3. The lowest BCUT2D eigenvalue weighted by Gasteiger charge is -2.38. The number of aliphatic hydroxyl groups excluding tert-OH is 1. The van der Waals surface area contributed by atoms with Gasteiger partial charge in [-0.25, -0.2) is 4.79 Å². The lowest BCUT2D eigenvalue weighted by atomic mass is 9.75. The molecule has 0 unspecified atom stereocenters. The van der Waals surface area contributed by atoms with Crippen LogP contribution in [0.4, 0.5) is 0 Å². The molecule has 0 spiro atoms. The van der Waals surface area contributed by atoms with E-state index < -0.39 is 17.2 Å². The van der Waals surface area contributed by atoms with E-state index in [9.17, 15) is 19.5 Å². The Bertz CT molecular complexity index is 913. The smallest absolute Gasteiger partial charge is 0.331 e. The van der Waals surface area contributed by atoms with Crippen LogP contribution in [0.5, 0.6) is 0 Å². The molecule has 1 aliphatic carbocycles. The summed E-state index contributed by atoms with van der Waals surface area (Å²) in [7, 11) is 2.83. The van der Waals surface area contributed by atoms with Crippen LogP contribution in [0, 0.1) is 5.92 Å². The van der Waals surface area contributed by atoms with Gasteiger partial charge in [0.25, 0.3) is 11.5 Å². The van der Waals surface area contributed by atoms with Crippen molar-refractivity contribution in [2.75, 3.05) is 0 Å². The van der Waals surface area contributed by atoms with E-state index >= 15 is 0 Å². The number of carbonyl (C=O) groups excluding carboxylic acids is 1. The molecule has 2 aromatic heterocycles. The Morgan fingerprint density at radius 3 is 2.54 bits per heavy atom. The van der Waals surface area contributed by atoms with Gasteiger partial charge < -0.3 is 10.4 Å². The second kappa shape index (κ2) is 7.25. The van der Waals surface area contributed by atoms with Crippen molar-refractivity contribution >= 4 is 5.91 Å². The number of aromatic nitrogens is 3. The molecular weight excluding hydrogens is 336 g/mol. The minimum atomic E-state index is -0.549. The second-order valence-electron chi connectivity index (χ2n) is 6.79. The molecule has 0 saturated heterocycles. The fourth-order valence-electron chi connectivity index (χ4n) is 3.26. The number of pyridine rings is 1. The third kappa shape index (κ3) is 3.60. The molecule has 1 aliphatic rings. The van der Waals surface area contributed by atoms with Crippen LogP contribution in [0.25, 0.3) is 0 Å². The second-order valence-corrected chi connectivity index (χ2v) is 6.79. The molecule has 2 heterocycles. The van der Waals surface area contributed by atoms with Crippen molar-refractivity contribution in [1.82, 2.24) is 19.4 Å². The van der Waals surface area contributed by atoms with Crippen molar-refractivity contribution in [3.05, 3.63) is 62.7 Å². The molecule has 2 N–H and O–H groups in total. The van der Waals surface area contributed by atoms with Gasteiger partial charge in [-0.3, -0.25) is 23.7 Å². The summed E-state index contributed by atoms with van der Waals surface area (Å²) < 4.78 is 2.11. The monoisotopic (exact) mass is 358 g/mol. The first-order valence-corrected chi connectivity index (χ1v) is 8.51. The maximum absolute atomic E-state index is 12.7. The molecule has 0 aromatic carbocycles. The van der Waals surface area contributed by atoms with Crippen molar-refractivity contribution < 1.29 is 9.90 Å². The van der Waals surface area contributed by atoms with E-state index in [2.05, 4.69) is 10.3 Å². The summed E-state index contributed by atoms with van der Waals surface area (Å²) in [5.74, 6) is -0.326. The van der Waals surface area contributed by atoms with Crippen LogP contribution in [-0.4, -0.2) is 37.3 Å². The van der Waals surface area contributed by atoms with Crippen LogP contribution >= 0.6 is 0 Å². The predicted octanol–water partition coefficient (Wildman–Crippen LogP) is -0.409. The molecule has 1 atom stereocenters. The highest BCUT2D eigenvalue weighted by molar-refractivity contribution is 5.92. The summed E-state index contributed by atoms with van der Waals surface area (Å²) in [6.45, 7) is 0. The third-order valence-corrected chi connectivity index (χ3v) is 5.00. The zero-order valence-corrected chi connectivity index (χ0v) is 14.8. The quantitative estimate of drug-likeness (QED) is 0.756. The van der Waals surface area contributed by atoms with E-state index in [1.807, 2.05) is 12.1 Å². The average Bonchev–Trinajstić information content (AvgIpc) is 2.60. The van der Waals surface area contributed by atoms with E-state index in [0.717, 1.165) is 20.8 Å². The molecule has 0 radical (unpaired) electrons. The number of carbonyl (C=O) groups is 1. The van der Waals surface area contributed by atoms with E-state index in [1.165, 1.54) is 14.1 Å². The number of hydrogen-bond donors (Lipinski definition) is 2. The van der Waals surface area contributed by atoms with Crippen molar-refractivity contribution in [3.63, 3.8) is 0 Å². The molecular formula is C18H22N4O4. The van der Waals surface area contributed by atoms with Gasteiger partial charge >= 0.3 is 5.69 Å². The number of rotatable bonds is 5. The minimum absolute atomic E-state index is 0.0256. The van der Waals surface area contributed by atoms with Crippen molar-refractivity contribution in [2.45, 2.75) is 31.4 Å². The highest BCUT2D eigenvalue weighted by atomic mass is 16.3. The maximum Gasteiger partial charge on any atom is 0.331 e. The SMILES string of the molecule is Cn1c(C(=O)N[C@H](Cc2ccncc2)C2CC(O)C2)cc(=O)n(C)c1=O. The Balaban J connectivity index is 1.84. The molecule has 3 rings (SSSR count). The van der Waals surface area contributed by atoms with Gasteiger partial charge in [-0.1, -0.05) is 0 Å². The maximum atomic E-state index is 12.7. The molecule has 26 heavy (non-hydrogen) atoms. The Labute approximate surface area is 150 Å². The Hall–Kier alpha value is -2.74. The third-order valence-electron chi connectivity index (χ3n) is 5.00. The van der Waals surface area contributed by atoms with Crippen LogP contribution in [0.2, 0.25) is 0 Å². The summed E-state index contributed by atoms with van der Waals surface area (Å²) in [6, 6.07) is 4.72. The van der Waals surface area contributed by atoms with Gasteiger partial charge in [-0.05, 0) is 42.9 Å². The Morgan fingerprint density at radius 2 is 1.92 bits per heavy atom. The topological polar surface area (TPSA) is 106 Å². The minimum Gasteiger partial charge on any atom is -0.393 e. The van der Waals surface area contributed by atoms with Crippen LogP contribution in [0.1, 0.15) is 28.9 Å². The first-order valence-electron chi connectivity index (χ1n) is 8.51. The molecule has 0 aliphatic heterocycles. The predicted molar refractivity (Wildman–Crippen MR) is 94.9 cm³/mol. The number of nitrogens with zero attached hydrogens (tertiary/aromatic N) is 3. The average molecular weight is 358 g/mol.